The number of nitrogens with zero attached hydrogens (tertiary/aromatic N) is 4. The maximum atomic E-state index is 13.0. The van der Waals surface area contributed by atoms with Crippen molar-refractivity contribution < 1.29 is 17.9 Å². The normalized spacial score (nSPS) is 11.5. The van der Waals surface area contributed by atoms with Gasteiger partial charge in [0.15, 0.2) is 22.8 Å². The molecule has 0 spiro atoms. The van der Waals surface area contributed by atoms with Crippen LogP contribution in [0, 0.1) is 0 Å². The van der Waals surface area contributed by atoms with Crippen molar-refractivity contribution in [2.75, 3.05) is 5.32 Å². The van der Waals surface area contributed by atoms with Crippen LogP contribution in [0.25, 0.3) is 22.6 Å². The SMILES string of the molecule is FC(F)(F)c1ccc(Cn2cnc3c(Nc4ccc(Oc5ccccc5)cc4)nc(-c4ccccc4)nc32)cc1. The predicted molar refractivity (Wildman–Crippen MR) is 148 cm³/mol. The second-order valence-electron chi connectivity index (χ2n) is 9.07. The number of fused-ring (bicyclic) bond motifs is 1. The Labute approximate surface area is 227 Å². The largest absolute Gasteiger partial charge is 0.457 e. The maximum absolute atomic E-state index is 13.0. The van der Waals surface area contributed by atoms with E-state index in [0.717, 1.165) is 29.1 Å². The number of halogens is 3. The zero-order valence-electron chi connectivity index (χ0n) is 21.0. The topological polar surface area (TPSA) is 64.9 Å². The van der Waals surface area contributed by atoms with Gasteiger partial charge in [0.1, 0.15) is 11.5 Å². The molecule has 40 heavy (non-hydrogen) atoms. The number of hydrogen-bond acceptors (Lipinski definition) is 5. The standard InChI is InChI=1S/C31H22F3N5O/c32-31(33,34)23-13-11-21(12-14-23)19-39-20-35-27-29(37-28(38-30(27)39)22-7-3-1-4-8-22)36-24-15-17-26(18-16-24)40-25-9-5-2-6-10-25/h1-18,20H,19H2,(H,36,37,38). The fourth-order valence-electron chi connectivity index (χ4n) is 4.23. The molecule has 0 bridgehead atoms. The fraction of sp³-hybridized carbons (Fsp3) is 0.0645. The summed E-state index contributed by atoms with van der Waals surface area (Å²) in [6.07, 6.45) is -2.77. The fourth-order valence-corrected chi connectivity index (χ4v) is 4.23. The van der Waals surface area contributed by atoms with Gasteiger partial charge in [-0.05, 0) is 54.1 Å². The number of hydrogen-bond donors (Lipinski definition) is 1. The zero-order chi connectivity index (χ0) is 27.5. The minimum atomic E-state index is -4.38. The van der Waals surface area contributed by atoms with Gasteiger partial charge >= 0.3 is 6.18 Å². The number of ether oxygens (including phenoxy) is 1. The van der Waals surface area contributed by atoms with Crippen LogP contribution in [-0.4, -0.2) is 19.5 Å². The molecule has 6 rings (SSSR count). The van der Waals surface area contributed by atoms with Crippen molar-refractivity contribution >= 4 is 22.7 Å². The molecule has 1 N–H and O–H groups in total. The van der Waals surface area contributed by atoms with Crippen molar-refractivity contribution in [3.05, 3.63) is 127 Å². The lowest BCUT2D eigenvalue weighted by Gasteiger charge is -2.11. The lowest BCUT2D eigenvalue weighted by molar-refractivity contribution is -0.137. The van der Waals surface area contributed by atoms with Crippen molar-refractivity contribution in [3.8, 4) is 22.9 Å². The molecule has 0 aliphatic carbocycles. The van der Waals surface area contributed by atoms with Gasteiger partial charge in [-0.2, -0.15) is 13.2 Å². The van der Waals surface area contributed by atoms with Crippen LogP contribution >= 0.6 is 0 Å². The summed E-state index contributed by atoms with van der Waals surface area (Å²) < 4.78 is 46.7. The van der Waals surface area contributed by atoms with E-state index in [1.165, 1.54) is 12.1 Å². The van der Waals surface area contributed by atoms with Crippen LogP contribution in [0.15, 0.2) is 116 Å². The number of benzene rings is 4. The summed E-state index contributed by atoms with van der Waals surface area (Å²) >= 11 is 0. The molecular weight excluding hydrogens is 515 g/mol. The number of nitrogens with one attached hydrogen (secondary N) is 1. The van der Waals surface area contributed by atoms with Gasteiger partial charge in [-0.1, -0.05) is 60.7 Å². The lowest BCUT2D eigenvalue weighted by Crippen LogP contribution is -2.06. The average molecular weight is 538 g/mol. The Hall–Kier alpha value is -5.18. The third-order valence-corrected chi connectivity index (χ3v) is 6.23. The molecule has 0 saturated heterocycles. The molecule has 6 nitrogen and oxygen atoms in total. The average Bonchev–Trinajstić information content (AvgIpc) is 3.38. The van der Waals surface area contributed by atoms with E-state index < -0.39 is 11.7 Å². The van der Waals surface area contributed by atoms with E-state index in [2.05, 4.69) is 10.3 Å². The molecule has 0 amide bonds. The molecule has 2 heterocycles. The van der Waals surface area contributed by atoms with Gasteiger partial charge in [0.05, 0.1) is 18.4 Å². The quantitative estimate of drug-likeness (QED) is 0.223. The highest BCUT2D eigenvalue weighted by Crippen LogP contribution is 2.31. The van der Waals surface area contributed by atoms with E-state index in [1.54, 1.807) is 10.9 Å². The Morgan fingerprint density at radius 2 is 1.38 bits per heavy atom. The number of rotatable bonds is 7. The van der Waals surface area contributed by atoms with Crippen molar-refractivity contribution in [1.29, 1.82) is 0 Å². The van der Waals surface area contributed by atoms with Gasteiger partial charge in [-0.3, -0.25) is 0 Å². The Balaban J connectivity index is 1.32. The van der Waals surface area contributed by atoms with Crippen molar-refractivity contribution in [1.82, 2.24) is 19.5 Å². The molecule has 0 unspecified atom stereocenters. The van der Waals surface area contributed by atoms with Crippen LogP contribution in [-0.2, 0) is 12.7 Å². The van der Waals surface area contributed by atoms with Gasteiger partial charge in [-0.15, -0.1) is 0 Å². The number of anilines is 2. The first-order valence-electron chi connectivity index (χ1n) is 12.5. The number of imidazole rings is 1. The van der Waals surface area contributed by atoms with Gasteiger partial charge in [0, 0.05) is 11.3 Å². The monoisotopic (exact) mass is 537 g/mol. The van der Waals surface area contributed by atoms with Crippen LogP contribution in [0.2, 0.25) is 0 Å². The molecular formula is C31H22F3N5O. The minimum Gasteiger partial charge on any atom is -0.457 e. The second kappa shape index (κ2) is 10.5. The summed E-state index contributed by atoms with van der Waals surface area (Å²) in [5.41, 5.74) is 2.69. The van der Waals surface area contributed by atoms with E-state index in [4.69, 9.17) is 14.7 Å². The molecule has 0 aliphatic heterocycles. The van der Waals surface area contributed by atoms with Crippen LogP contribution in [0.4, 0.5) is 24.7 Å². The van der Waals surface area contributed by atoms with Gasteiger partial charge in [0.2, 0.25) is 0 Å². The Kier molecular flexibility index (Phi) is 6.61. The smallest absolute Gasteiger partial charge is 0.416 e. The van der Waals surface area contributed by atoms with Crippen molar-refractivity contribution in [2.45, 2.75) is 12.7 Å². The van der Waals surface area contributed by atoms with Crippen molar-refractivity contribution in [2.24, 2.45) is 0 Å². The summed E-state index contributed by atoms with van der Waals surface area (Å²) in [6, 6.07) is 31.6. The maximum Gasteiger partial charge on any atom is 0.416 e. The molecule has 9 heteroatoms. The minimum absolute atomic E-state index is 0.296. The van der Waals surface area contributed by atoms with E-state index in [-0.39, 0.29) is 0 Å². The summed E-state index contributed by atoms with van der Waals surface area (Å²) in [4.78, 5) is 14.1. The van der Waals surface area contributed by atoms with Gasteiger partial charge in [0.25, 0.3) is 0 Å². The summed E-state index contributed by atoms with van der Waals surface area (Å²) in [7, 11) is 0. The molecule has 0 fully saturated rings. The first-order chi connectivity index (χ1) is 19.4. The number of aromatic nitrogens is 4. The molecule has 0 radical (unpaired) electrons. The highest BCUT2D eigenvalue weighted by molar-refractivity contribution is 5.87. The highest BCUT2D eigenvalue weighted by atomic mass is 19.4. The molecule has 198 valence electrons. The Morgan fingerprint density at radius 1 is 0.725 bits per heavy atom. The van der Waals surface area contributed by atoms with E-state index in [0.29, 0.717) is 40.7 Å². The van der Waals surface area contributed by atoms with Gasteiger partial charge < -0.3 is 14.6 Å². The zero-order valence-corrected chi connectivity index (χ0v) is 21.0. The van der Waals surface area contributed by atoms with Crippen LogP contribution < -0.4 is 10.1 Å². The van der Waals surface area contributed by atoms with Gasteiger partial charge in [-0.25, -0.2) is 15.0 Å². The van der Waals surface area contributed by atoms with E-state index in [1.807, 2.05) is 84.9 Å². The molecule has 4 aromatic carbocycles. The highest BCUT2D eigenvalue weighted by Gasteiger charge is 2.30. The second-order valence-corrected chi connectivity index (χ2v) is 9.07. The summed E-state index contributed by atoms with van der Waals surface area (Å²) in [5, 5.41) is 3.34. The summed E-state index contributed by atoms with van der Waals surface area (Å²) in [5.74, 6) is 2.43. The molecule has 0 atom stereocenters. The third kappa shape index (κ3) is 5.49. The number of para-hydroxylation sites is 1. The lowest BCUT2D eigenvalue weighted by atomic mass is 10.1. The molecule has 6 aromatic rings. The molecule has 2 aromatic heterocycles. The first kappa shape index (κ1) is 25.1. The number of alkyl halides is 3. The Morgan fingerprint density at radius 3 is 2.05 bits per heavy atom. The Bertz CT molecular complexity index is 1730. The van der Waals surface area contributed by atoms with Crippen LogP contribution in [0.3, 0.4) is 0 Å². The third-order valence-electron chi connectivity index (χ3n) is 6.23. The first-order valence-corrected chi connectivity index (χ1v) is 12.5. The molecule has 0 saturated carbocycles. The van der Waals surface area contributed by atoms with Crippen molar-refractivity contribution in [3.63, 3.8) is 0 Å². The predicted octanol–water partition coefficient (Wildman–Crippen LogP) is 8.10. The molecule has 0 aliphatic rings. The summed E-state index contributed by atoms with van der Waals surface area (Å²) in [6.45, 7) is 0.296. The van der Waals surface area contributed by atoms with Crippen LogP contribution in [0.1, 0.15) is 11.1 Å². The van der Waals surface area contributed by atoms with E-state index >= 15 is 0 Å². The van der Waals surface area contributed by atoms with Crippen LogP contribution in [0.5, 0.6) is 11.5 Å². The van der Waals surface area contributed by atoms with E-state index in [9.17, 15) is 13.2 Å².